The summed E-state index contributed by atoms with van der Waals surface area (Å²) in [6, 6.07) is 0. The molecule has 1 aliphatic heterocycles. The molecule has 1 unspecified atom stereocenters. The largest absolute Gasteiger partial charge is 0.378 e. The van der Waals surface area contributed by atoms with E-state index in [1.807, 2.05) is 6.92 Å². The standard InChI is InChI=1S/C10H15ClN2OS/c1-7-8(2)15-10(12-7)13-3-4-14-6-9(11)5-13/h9H,3-6H2,1-2H3. The van der Waals surface area contributed by atoms with Crippen LogP contribution in [0.5, 0.6) is 0 Å². The van der Waals surface area contributed by atoms with E-state index in [0.717, 1.165) is 30.5 Å². The van der Waals surface area contributed by atoms with E-state index in [9.17, 15) is 0 Å². The second-order valence-corrected chi connectivity index (χ2v) is 5.56. The van der Waals surface area contributed by atoms with Crippen LogP contribution in [-0.4, -0.2) is 36.7 Å². The second-order valence-electron chi connectivity index (χ2n) is 3.76. The number of aryl methyl sites for hydroxylation is 2. The quantitative estimate of drug-likeness (QED) is 0.711. The Kier molecular flexibility index (Phi) is 3.49. The predicted octanol–water partition coefficient (Wildman–Crippen LogP) is 2.20. The van der Waals surface area contributed by atoms with Crippen molar-refractivity contribution in [2.75, 3.05) is 31.2 Å². The lowest BCUT2D eigenvalue weighted by Gasteiger charge is -2.19. The Morgan fingerprint density at radius 1 is 1.53 bits per heavy atom. The highest BCUT2D eigenvalue weighted by molar-refractivity contribution is 7.15. The number of hydrogen-bond acceptors (Lipinski definition) is 4. The van der Waals surface area contributed by atoms with Crippen molar-refractivity contribution < 1.29 is 4.74 Å². The van der Waals surface area contributed by atoms with Gasteiger partial charge < -0.3 is 9.64 Å². The Hall–Kier alpha value is -0.320. The first kappa shape index (κ1) is 11.2. The first-order valence-corrected chi connectivity index (χ1v) is 6.33. The van der Waals surface area contributed by atoms with Crippen molar-refractivity contribution in [3.05, 3.63) is 10.6 Å². The van der Waals surface area contributed by atoms with E-state index in [2.05, 4.69) is 16.8 Å². The van der Waals surface area contributed by atoms with Crippen LogP contribution >= 0.6 is 22.9 Å². The van der Waals surface area contributed by atoms with E-state index >= 15 is 0 Å². The Morgan fingerprint density at radius 2 is 2.33 bits per heavy atom. The zero-order valence-electron chi connectivity index (χ0n) is 8.99. The van der Waals surface area contributed by atoms with Crippen molar-refractivity contribution in [2.24, 2.45) is 0 Å². The molecule has 1 fully saturated rings. The molecule has 1 atom stereocenters. The lowest BCUT2D eigenvalue weighted by Crippen LogP contribution is -2.30. The van der Waals surface area contributed by atoms with E-state index in [1.54, 1.807) is 11.3 Å². The van der Waals surface area contributed by atoms with Gasteiger partial charge in [0.2, 0.25) is 0 Å². The molecule has 0 N–H and O–H groups in total. The van der Waals surface area contributed by atoms with Crippen molar-refractivity contribution in [2.45, 2.75) is 19.2 Å². The summed E-state index contributed by atoms with van der Waals surface area (Å²) in [7, 11) is 0. The Balaban J connectivity index is 2.14. The van der Waals surface area contributed by atoms with Crippen molar-refractivity contribution in [1.82, 2.24) is 4.98 Å². The van der Waals surface area contributed by atoms with E-state index in [4.69, 9.17) is 16.3 Å². The van der Waals surface area contributed by atoms with E-state index in [1.165, 1.54) is 4.88 Å². The lowest BCUT2D eigenvalue weighted by molar-refractivity contribution is 0.154. The first-order valence-electron chi connectivity index (χ1n) is 5.07. The van der Waals surface area contributed by atoms with Crippen LogP contribution in [0, 0.1) is 13.8 Å². The Morgan fingerprint density at radius 3 is 3.00 bits per heavy atom. The fourth-order valence-electron chi connectivity index (χ4n) is 1.53. The average molecular weight is 247 g/mol. The van der Waals surface area contributed by atoms with Gasteiger partial charge in [-0.1, -0.05) is 0 Å². The molecule has 2 rings (SSSR count). The average Bonchev–Trinajstić information content (AvgIpc) is 2.41. The number of aromatic nitrogens is 1. The molecule has 3 nitrogen and oxygen atoms in total. The summed E-state index contributed by atoms with van der Waals surface area (Å²) in [4.78, 5) is 8.04. The summed E-state index contributed by atoms with van der Waals surface area (Å²) in [6.07, 6.45) is 0. The van der Waals surface area contributed by atoms with Crippen LogP contribution in [0.15, 0.2) is 0 Å². The number of thiazole rings is 1. The van der Waals surface area contributed by atoms with Gasteiger partial charge in [0.15, 0.2) is 5.13 Å². The third kappa shape index (κ3) is 2.62. The fraction of sp³-hybridized carbons (Fsp3) is 0.700. The van der Waals surface area contributed by atoms with E-state index in [-0.39, 0.29) is 5.38 Å². The molecule has 0 aromatic carbocycles. The van der Waals surface area contributed by atoms with Crippen LogP contribution in [0.1, 0.15) is 10.6 Å². The third-order valence-corrected chi connectivity index (χ3v) is 3.91. The molecule has 84 valence electrons. The van der Waals surface area contributed by atoms with Crippen molar-refractivity contribution in [3.63, 3.8) is 0 Å². The SMILES string of the molecule is Cc1nc(N2CCOCC(Cl)C2)sc1C. The number of nitrogens with zero attached hydrogens (tertiary/aromatic N) is 2. The van der Waals surface area contributed by atoms with E-state index in [0.29, 0.717) is 6.61 Å². The zero-order valence-corrected chi connectivity index (χ0v) is 10.6. The predicted molar refractivity (Wildman–Crippen MR) is 64.3 cm³/mol. The molecular weight excluding hydrogens is 232 g/mol. The minimum atomic E-state index is 0.0667. The highest BCUT2D eigenvalue weighted by atomic mass is 35.5. The Bertz CT molecular complexity index is 323. The van der Waals surface area contributed by atoms with Gasteiger partial charge in [-0.3, -0.25) is 0 Å². The number of halogens is 1. The van der Waals surface area contributed by atoms with Crippen LogP contribution in [0.4, 0.5) is 5.13 Å². The smallest absolute Gasteiger partial charge is 0.185 e. The van der Waals surface area contributed by atoms with Gasteiger partial charge >= 0.3 is 0 Å². The van der Waals surface area contributed by atoms with Crippen LogP contribution in [-0.2, 0) is 4.74 Å². The maximum absolute atomic E-state index is 6.12. The zero-order chi connectivity index (χ0) is 10.8. The van der Waals surface area contributed by atoms with Gasteiger partial charge in [-0.15, -0.1) is 22.9 Å². The maximum Gasteiger partial charge on any atom is 0.185 e. The van der Waals surface area contributed by atoms with Crippen molar-refractivity contribution in [1.29, 1.82) is 0 Å². The number of anilines is 1. The topological polar surface area (TPSA) is 25.4 Å². The van der Waals surface area contributed by atoms with Crippen LogP contribution < -0.4 is 4.90 Å². The molecule has 0 radical (unpaired) electrons. The van der Waals surface area contributed by atoms with E-state index < -0.39 is 0 Å². The van der Waals surface area contributed by atoms with Crippen LogP contribution in [0.25, 0.3) is 0 Å². The number of ether oxygens (including phenoxy) is 1. The first-order chi connectivity index (χ1) is 7.16. The van der Waals surface area contributed by atoms with Crippen LogP contribution in [0.2, 0.25) is 0 Å². The third-order valence-electron chi connectivity index (χ3n) is 2.51. The Labute approximate surface area is 99.0 Å². The van der Waals surface area contributed by atoms with Crippen LogP contribution in [0.3, 0.4) is 0 Å². The molecule has 1 aromatic heterocycles. The van der Waals surface area contributed by atoms with Gasteiger partial charge in [-0.25, -0.2) is 4.98 Å². The molecule has 15 heavy (non-hydrogen) atoms. The van der Waals surface area contributed by atoms with Gasteiger partial charge in [-0.2, -0.15) is 0 Å². The highest BCUT2D eigenvalue weighted by Crippen LogP contribution is 2.26. The molecule has 0 aliphatic carbocycles. The van der Waals surface area contributed by atoms with Gasteiger partial charge in [0, 0.05) is 18.0 Å². The summed E-state index contributed by atoms with van der Waals surface area (Å²) >= 11 is 7.86. The molecule has 5 heteroatoms. The summed E-state index contributed by atoms with van der Waals surface area (Å²) in [5.74, 6) is 0. The summed E-state index contributed by atoms with van der Waals surface area (Å²) in [5, 5.41) is 1.14. The van der Waals surface area contributed by atoms with Crippen molar-refractivity contribution >= 4 is 28.1 Å². The molecule has 1 aromatic rings. The molecule has 2 heterocycles. The number of hydrogen-bond donors (Lipinski definition) is 0. The normalized spacial score (nSPS) is 22.9. The fourth-order valence-corrected chi connectivity index (χ4v) is 2.73. The molecule has 1 saturated heterocycles. The highest BCUT2D eigenvalue weighted by Gasteiger charge is 2.19. The van der Waals surface area contributed by atoms with Gasteiger partial charge in [0.25, 0.3) is 0 Å². The molecule has 0 amide bonds. The molecule has 0 saturated carbocycles. The monoisotopic (exact) mass is 246 g/mol. The molecule has 0 spiro atoms. The lowest BCUT2D eigenvalue weighted by atomic mass is 10.4. The molecular formula is C10H15ClN2OS. The van der Waals surface area contributed by atoms with Gasteiger partial charge in [0.05, 0.1) is 24.3 Å². The summed E-state index contributed by atoms with van der Waals surface area (Å²) in [5.41, 5.74) is 1.12. The van der Waals surface area contributed by atoms with Crippen molar-refractivity contribution in [3.8, 4) is 0 Å². The number of alkyl halides is 1. The summed E-state index contributed by atoms with van der Waals surface area (Å²) in [6.45, 7) is 7.23. The minimum absolute atomic E-state index is 0.0667. The molecule has 0 bridgehead atoms. The van der Waals surface area contributed by atoms with Gasteiger partial charge in [-0.05, 0) is 13.8 Å². The second kappa shape index (κ2) is 4.68. The maximum atomic E-state index is 6.12. The molecule has 1 aliphatic rings. The van der Waals surface area contributed by atoms with Gasteiger partial charge in [0.1, 0.15) is 0 Å². The number of rotatable bonds is 1. The summed E-state index contributed by atoms with van der Waals surface area (Å²) < 4.78 is 5.40. The minimum Gasteiger partial charge on any atom is -0.378 e.